The third kappa shape index (κ3) is 2.67. The number of pyridine rings is 1. The van der Waals surface area contributed by atoms with E-state index in [0.717, 1.165) is 5.56 Å². The fourth-order valence-corrected chi connectivity index (χ4v) is 2.03. The second-order valence-electron chi connectivity index (χ2n) is 4.08. The van der Waals surface area contributed by atoms with E-state index in [9.17, 15) is 4.79 Å². The van der Waals surface area contributed by atoms with Gasteiger partial charge in [-0.05, 0) is 25.5 Å². The maximum atomic E-state index is 11.6. The van der Waals surface area contributed by atoms with Crippen LogP contribution in [0.25, 0.3) is 5.82 Å². The molecule has 7 heteroatoms. The number of esters is 1. The predicted octanol–water partition coefficient (Wildman–Crippen LogP) is 1.39. The van der Waals surface area contributed by atoms with Crippen molar-refractivity contribution in [2.45, 2.75) is 13.8 Å². The normalized spacial score (nSPS) is 10.3. The van der Waals surface area contributed by atoms with Crippen molar-refractivity contribution < 1.29 is 9.53 Å². The van der Waals surface area contributed by atoms with Gasteiger partial charge < -0.3 is 10.5 Å². The Kier molecular flexibility index (Phi) is 4.09. The van der Waals surface area contributed by atoms with Gasteiger partial charge in [-0.1, -0.05) is 12.2 Å². The Labute approximate surface area is 121 Å². The van der Waals surface area contributed by atoms with E-state index in [1.807, 2.05) is 13.0 Å². The van der Waals surface area contributed by atoms with Crippen molar-refractivity contribution in [3.8, 4) is 5.82 Å². The second-order valence-corrected chi connectivity index (χ2v) is 4.52. The molecule has 0 aliphatic rings. The number of ether oxygens (including phenoxy) is 1. The van der Waals surface area contributed by atoms with E-state index < -0.39 is 5.97 Å². The van der Waals surface area contributed by atoms with E-state index in [0.29, 0.717) is 23.6 Å². The van der Waals surface area contributed by atoms with E-state index in [-0.39, 0.29) is 4.99 Å². The van der Waals surface area contributed by atoms with Gasteiger partial charge in [0.05, 0.1) is 23.9 Å². The van der Waals surface area contributed by atoms with Gasteiger partial charge in [0.1, 0.15) is 4.99 Å². The summed E-state index contributed by atoms with van der Waals surface area (Å²) in [5.41, 5.74) is 7.62. The van der Waals surface area contributed by atoms with Gasteiger partial charge in [-0.25, -0.2) is 14.5 Å². The molecule has 2 rings (SSSR count). The molecule has 0 saturated carbocycles. The molecule has 6 nitrogen and oxygen atoms in total. The van der Waals surface area contributed by atoms with Crippen LogP contribution in [0.5, 0.6) is 0 Å². The lowest BCUT2D eigenvalue weighted by Crippen LogP contribution is -2.16. The molecule has 0 radical (unpaired) electrons. The third-order valence-electron chi connectivity index (χ3n) is 2.70. The van der Waals surface area contributed by atoms with Crippen LogP contribution in [0.4, 0.5) is 0 Å². The average molecular weight is 290 g/mol. The Morgan fingerprint density at radius 2 is 2.30 bits per heavy atom. The van der Waals surface area contributed by atoms with Crippen LogP contribution in [0.15, 0.2) is 24.7 Å². The van der Waals surface area contributed by atoms with E-state index in [4.69, 9.17) is 22.7 Å². The van der Waals surface area contributed by atoms with E-state index in [1.165, 1.54) is 10.9 Å². The summed E-state index contributed by atoms with van der Waals surface area (Å²) in [5, 5.41) is 4.11. The zero-order chi connectivity index (χ0) is 14.7. The number of carbonyl (C=O) groups excluding carboxylic acids is 1. The molecule has 20 heavy (non-hydrogen) atoms. The number of rotatable bonds is 4. The minimum Gasteiger partial charge on any atom is -0.462 e. The molecule has 0 amide bonds. The second kappa shape index (κ2) is 5.79. The van der Waals surface area contributed by atoms with Crippen molar-refractivity contribution in [1.29, 1.82) is 0 Å². The molecule has 0 aliphatic carbocycles. The van der Waals surface area contributed by atoms with Gasteiger partial charge in [-0.3, -0.25) is 0 Å². The van der Waals surface area contributed by atoms with Gasteiger partial charge in [0.25, 0.3) is 0 Å². The summed E-state index contributed by atoms with van der Waals surface area (Å²) in [7, 11) is 0. The lowest BCUT2D eigenvalue weighted by Gasteiger charge is -2.09. The molecular formula is C13H14N4O2S. The number of hydrogen-bond acceptors (Lipinski definition) is 5. The maximum Gasteiger partial charge on any atom is 0.341 e. The van der Waals surface area contributed by atoms with Gasteiger partial charge in [-0.2, -0.15) is 5.10 Å². The fourth-order valence-electron chi connectivity index (χ4n) is 1.78. The molecule has 0 aliphatic heterocycles. The van der Waals surface area contributed by atoms with Crippen LogP contribution in [0.1, 0.15) is 28.4 Å². The van der Waals surface area contributed by atoms with Crippen molar-refractivity contribution in [1.82, 2.24) is 14.8 Å². The number of carbonyl (C=O) groups is 1. The molecule has 2 N–H and O–H groups in total. The number of aromatic nitrogens is 3. The molecule has 104 valence electrons. The molecule has 2 aromatic heterocycles. The van der Waals surface area contributed by atoms with Crippen molar-refractivity contribution in [2.75, 3.05) is 6.61 Å². The van der Waals surface area contributed by atoms with Gasteiger partial charge in [-0.15, -0.1) is 0 Å². The number of hydrogen-bond donors (Lipinski definition) is 1. The van der Waals surface area contributed by atoms with E-state index in [1.54, 1.807) is 19.3 Å². The molecule has 0 bridgehead atoms. The minimum absolute atomic E-state index is 0.235. The van der Waals surface area contributed by atoms with Crippen LogP contribution in [0.3, 0.4) is 0 Å². The quantitative estimate of drug-likeness (QED) is 0.676. The lowest BCUT2D eigenvalue weighted by atomic mass is 10.1. The van der Waals surface area contributed by atoms with Crippen molar-refractivity contribution in [2.24, 2.45) is 5.73 Å². The van der Waals surface area contributed by atoms with Crippen molar-refractivity contribution in [3.05, 3.63) is 41.3 Å². The smallest absolute Gasteiger partial charge is 0.341 e. The van der Waals surface area contributed by atoms with Crippen molar-refractivity contribution >= 4 is 23.2 Å². The van der Waals surface area contributed by atoms with Gasteiger partial charge in [0.2, 0.25) is 0 Å². The highest BCUT2D eigenvalue weighted by molar-refractivity contribution is 7.80. The third-order valence-corrected chi connectivity index (χ3v) is 2.90. The van der Waals surface area contributed by atoms with Gasteiger partial charge >= 0.3 is 5.97 Å². The first-order valence-electron chi connectivity index (χ1n) is 6.02. The summed E-state index contributed by atoms with van der Waals surface area (Å²) >= 11 is 5.04. The molecule has 0 unspecified atom stereocenters. The Bertz CT molecular complexity index is 666. The summed E-state index contributed by atoms with van der Waals surface area (Å²) in [6.45, 7) is 3.94. The Morgan fingerprint density at radius 3 is 2.95 bits per heavy atom. The zero-order valence-corrected chi connectivity index (χ0v) is 12.0. The summed E-state index contributed by atoms with van der Waals surface area (Å²) < 4.78 is 6.38. The Morgan fingerprint density at radius 1 is 1.55 bits per heavy atom. The SMILES string of the molecule is CCOC(=O)c1cnn(-c2nccc(C)c2C(N)=S)c1. The molecule has 0 aromatic carbocycles. The maximum absolute atomic E-state index is 11.6. The highest BCUT2D eigenvalue weighted by Crippen LogP contribution is 2.16. The lowest BCUT2D eigenvalue weighted by molar-refractivity contribution is 0.0526. The minimum atomic E-state index is -0.428. The van der Waals surface area contributed by atoms with Gasteiger partial charge in [0.15, 0.2) is 5.82 Å². The van der Waals surface area contributed by atoms with E-state index in [2.05, 4.69) is 10.1 Å². The fraction of sp³-hybridized carbons (Fsp3) is 0.231. The highest BCUT2D eigenvalue weighted by atomic mass is 32.1. The number of nitrogens with zero attached hydrogens (tertiary/aromatic N) is 3. The standard InChI is InChI=1S/C13H14N4O2S/c1-3-19-13(18)9-6-16-17(7-9)12-10(11(14)20)8(2)4-5-15-12/h4-7H,3H2,1-2H3,(H2,14,20). The zero-order valence-electron chi connectivity index (χ0n) is 11.2. The molecule has 0 atom stereocenters. The van der Waals surface area contributed by atoms with Crippen LogP contribution < -0.4 is 5.73 Å². The number of aryl methyl sites for hydroxylation is 1. The molecule has 2 aromatic rings. The Hall–Kier alpha value is -2.28. The van der Waals surface area contributed by atoms with Crippen LogP contribution in [0.2, 0.25) is 0 Å². The topological polar surface area (TPSA) is 83.0 Å². The largest absolute Gasteiger partial charge is 0.462 e. The molecule has 2 heterocycles. The number of thiocarbonyl (C=S) groups is 1. The molecular weight excluding hydrogens is 276 g/mol. The highest BCUT2D eigenvalue weighted by Gasteiger charge is 2.15. The summed E-state index contributed by atoms with van der Waals surface area (Å²) in [6, 6.07) is 1.81. The first-order chi connectivity index (χ1) is 9.54. The number of nitrogens with two attached hydrogens (primary N) is 1. The Balaban J connectivity index is 2.45. The molecule has 0 saturated heterocycles. The first kappa shape index (κ1) is 14.1. The summed E-state index contributed by atoms with van der Waals surface area (Å²) in [5.74, 6) is 0.0660. The molecule has 0 spiro atoms. The van der Waals surface area contributed by atoms with Crippen LogP contribution in [-0.4, -0.2) is 32.3 Å². The van der Waals surface area contributed by atoms with Gasteiger partial charge in [0, 0.05) is 12.4 Å². The predicted molar refractivity (Wildman–Crippen MR) is 77.9 cm³/mol. The van der Waals surface area contributed by atoms with Crippen LogP contribution in [-0.2, 0) is 4.74 Å². The molecule has 0 fully saturated rings. The monoisotopic (exact) mass is 290 g/mol. The summed E-state index contributed by atoms with van der Waals surface area (Å²) in [6.07, 6.45) is 4.60. The van der Waals surface area contributed by atoms with Crippen molar-refractivity contribution in [3.63, 3.8) is 0 Å². The van der Waals surface area contributed by atoms with Crippen LogP contribution >= 0.6 is 12.2 Å². The summed E-state index contributed by atoms with van der Waals surface area (Å²) in [4.78, 5) is 16.1. The average Bonchev–Trinajstić information content (AvgIpc) is 2.87. The first-order valence-corrected chi connectivity index (χ1v) is 6.43. The van der Waals surface area contributed by atoms with E-state index >= 15 is 0 Å². The van der Waals surface area contributed by atoms with Crippen LogP contribution in [0, 0.1) is 6.92 Å².